The van der Waals surface area contributed by atoms with Gasteiger partial charge in [0.05, 0.1) is 12.0 Å². The highest BCUT2D eigenvalue weighted by atomic mass is 16.3. The highest BCUT2D eigenvalue weighted by Crippen LogP contribution is 2.24. The number of nitrogen functional groups attached to an aromatic ring is 1. The molecule has 0 saturated carbocycles. The minimum absolute atomic E-state index is 0.509. The summed E-state index contributed by atoms with van der Waals surface area (Å²) in [6.45, 7) is 2.19. The molecule has 0 aromatic carbocycles. The first kappa shape index (κ1) is 15.4. The summed E-state index contributed by atoms with van der Waals surface area (Å²) in [7, 11) is 0. The fourth-order valence-electron chi connectivity index (χ4n) is 2.79. The molecule has 0 amide bonds. The van der Waals surface area contributed by atoms with Gasteiger partial charge in [-0.3, -0.25) is 4.98 Å². The number of hydrogen-bond acceptors (Lipinski definition) is 5. The van der Waals surface area contributed by atoms with Crippen LogP contribution in [0.15, 0.2) is 53.3 Å². The zero-order valence-corrected chi connectivity index (χ0v) is 14.0. The molecule has 4 aromatic heterocycles. The molecule has 25 heavy (non-hydrogen) atoms. The van der Waals surface area contributed by atoms with Gasteiger partial charge in [0.1, 0.15) is 5.82 Å². The number of nitrogens with two attached hydrogens (primary N) is 1. The molecule has 0 saturated heterocycles. The van der Waals surface area contributed by atoms with Crippen molar-refractivity contribution in [3.63, 3.8) is 0 Å². The van der Waals surface area contributed by atoms with Crippen molar-refractivity contribution in [1.82, 2.24) is 19.6 Å². The van der Waals surface area contributed by atoms with Crippen LogP contribution in [0.3, 0.4) is 0 Å². The summed E-state index contributed by atoms with van der Waals surface area (Å²) in [4.78, 5) is 9.09. The normalized spacial score (nSPS) is 11.2. The van der Waals surface area contributed by atoms with Crippen molar-refractivity contribution in [2.24, 2.45) is 0 Å². The minimum Gasteiger partial charge on any atom is -0.461 e. The molecule has 4 rings (SSSR count). The average molecular weight is 333 g/mol. The second-order valence-electron chi connectivity index (χ2n) is 6.01. The number of fused-ring (bicyclic) bond motifs is 1. The van der Waals surface area contributed by atoms with Crippen LogP contribution >= 0.6 is 0 Å². The van der Waals surface area contributed by atoms with Gasteiger partial charge in [0.15, 0.2) is 11.4 Å². The highest BCUT2D eigenvalue weighted by Gasteiger charge is 2.12. The topological polar surface area (TPSA) is 82.2 Å². The van der Waals surface area contributed by atoms with Crippen LogP contribution in [0, 0.1) is 0 Å². The number of furan rings is 1. The van der Waals surface area contributed by atoms with Gasteiger partial charge >= 0.3 is 0 Å². The first-order chi connectivity index (χ1) is 12.2. The predicted octanol–water partition coefficient (Wildman–Crippen LogP) is 3.98. The second-order valence-corrected chi connectivity index (χ2v) is 6.01. The number of pyridine rings is 2. The molecule has 0 fully saturated rings. The van der Waals surface area contributed by atoms with Gasteiger partial charge in [-0.05, 0) is 48.7 Å². The molecule has 0 aliphatic carbocycles. The number of aromatic nitrogens is 4. The molecular weight excluding hydrogens is 314 g/mol. The van der Waals surface area contributed by atoms with E-state index >= 15 is 0 Å². The van der Waals surface area contributed by atoms with Gasteiger partial charge in [0.2, 0.25) is 5.82 Å². The van der Waals surface area contributed by atoms with Gasteiger partial charge in [-0.1, -0.05) is 19.4 Å². The third-order valence-electron chi connectivity index (χ3n) is 4.15. The lowest BCUT2D eigenvalue weighted by atomic mass is 10.1. The van der Waals surface area contributed by atoms with Crippen LogP contribution in [-0.4, -0.2) is 19.6 Å². The van der Waals surface area contributed by atoms with Crippen LogP contribution in [0.1, 0.15) is 25.3 Å². The first-order valence-corrected chi connectivity index (χ1v) is 8.40. The van der Waals surface area contributed by atoms with E-state index in [1.165, 1.54) is 18.4 Å². The fraction of sp³-hybridized carbons (Fsp3) is 0.211. The summed E-state index contributed by atoms with van der Waals surface area (Å²) in [5, 5.41) is 4.40. The van der Waals surface area contributed by atoms with E-state index in [-0.39, 0.29) is 0 Å². The van der Waals surface area contributed by atoms with Crippen molar-refractivity contribution in [3.05, 3.63) is 54.4 Å². The number of hydrogen-bond donors (Lipinski definition) is 1. The first-order valence-electron chi connectivity index (χ1n) is 8.40. The van der Waals surface area contributed by atoms with Crippen LogP contribution < -0.4 is 5.73 Å². The number of unbranched alkanes of at least 4 members (excludes halogenated alkanes) is 1. The Bertz CT molecular complexity index is 987. The molecule has 0 unspecified atom stereocenters. The summed E-state index contributed by atoms with van der Waals surface area (Å²) < 4.78 is 6.97. The van der Waals surface area contributed by atoms with E-state index in [1.807, 2.05) is 30.5 Å². The van der Waals surface area contributed by atoms with Crippen molar-refractivity contribution in [1.29, 1.82) is 0 Å². The standard InChI is InChI=1S/C19H19N5O/c1-2-3-5-13-7-8-15(21-12-13)14-10-17(20)24-18(11-14)22-19(23-24)16-6-4-9-25-16/h4,6-12H,2-3,5,20H2,1H3. The third-order valence-corrected chi connectivity index (χ3v) is 4.15. The SMILES string of the molecule is CCCCc1ccc(-c2cc(N)n3nc(-c4ccco4)nc3c2)nc1. The third kappa shape index (κ3) is 2.98. The van der Waals surface area contributed by atoms with Crippen LogP contribution in [0.2, 0.25) is 0 Å². The lowest BCUT2D eigenvalue weighted by Crippen LogP contribution is -1.99. The van der Waals surface area contributed by atoms with Gasteiger partial charge in [0, 0.05) is 11.8 Å². The molecule has 2 N–H and O–H groups in total. The van der Waals surface area contributed by atoms with Crippen molar-refractivity contribution >= 4 is 11.5 Å². The van der Waals surface area contributed by atoms with E-state index in [9.17, 15) is 0 Å². The van der Waals surface area contributed by atoms with Crippen LogP contribution in [-0.2, 0) is 6.42 Å². The maximum atomic E-state index is 6.16. The lowest BCUT2D eigenvalue weighted by Gasteiger charge is -2.05. The van der Waals surface area contributed by atoms with E-state index in [2.05, 4.69) is 28.1 Å². The molecule has 4 aromatic rings. The Kier molecular flexibility index (Phi) is 3.93. The molecule has 6 heteroatoms. The van der Waals surface area contributed by atoms with Gasteiger partial charge in [-0.2, -0.15) is 4.52 Å². The van der Waals surface area contributed by atoms with Gasteiger partial charge < -0.3 is 10.2 Å². The summed E-state index contributed by atoms with van der Waals surface area (Å²) in [5.74, 6) is 1.63. The molecule has 0 bridgehead atoms. The second kappa shape index (κ2) is 6.39. The van der Waals surface area contributed by atoms with Crippen LogP contribution in [0.25, 0.3) is 28.5 Å². The van der Waals surface area contributed by atoms with E-state index in [0.717, 1.165) is 17.7 Å². The number of nitrogens with zero attached hydrogens (tertiary/aromatic N) is 4. The molecular formula is C19H19N5O. The molecule has 0 aliphatic rings. The summed E-state index contributed by atoms with van der Waals surface area (Å²) in [6, 6.07) is 11.6. The zero-order valence-electron chi connectivity index (χ0n) is 14.0. The van der Waals surface area contributed by atoms with Crippen molar-refractivity contribution in [2.75, 3.05) is 5.73 Å². The largest absolute Gasteiger partial charge is 0.461 e. The summed E-state index contributed by atoms with van der Waals surface area (Å²) in [6.07, 6.45) is 6.94. The van der Waals surface area contributed by atoms with Crippen molar-refractivity contribution in [2.45, 2.75) is 26.2 Å². The Morgan fingerprint density at radius 1 is 1.20 bits per heavy atom. The molecule has 4 heterocycles. The van der Waals surface area contributed by atoms with Crippen molar-refractivity contribution < 1.29 is 4.42 Å². The maximum absolute atomic E-state index is 6.16. The summed E-state index contributed by atoms with van der Waals surface area (Å²) >= 11 is 0. The predicted molar refractivity (Wildman–Crippen MR) is 96.9 cm³/mol. The number of rotatable bonds is 5. The number of anilines is 1. The molecule has 0 spiro atoms. The summed E-state index contributed by atoms with van der Waals surface area (Å²) in [5.41, 5.74) is 9.87. The Balaban J connectivity index is 1.70. The van der Waals surface area contributed by atoms with E-state index in [4.69, 9.17) is 10.2 Å². The molecule has 0 aliphatic heterocycles. The van der Waals surface area contributed by atoms with Gasteiger partial charge in [-0.15, -0.1) is 5.10 Å². The maximum Gasteiger partial charge on any atom is 0.217 e. The van der Waals surface area contributed by atoms with E-state index in [0.29, 0.717) is 23.0 Å². The molecule has 0 radical (unpaired) electrons. The van der Waals surface area contributed by atoms with Crippen LogP contribution in [0.5, 0.6) is 0 Å². The smallest absolute Gasteiger partial charge is 0.217 e. The average Bonchev–Trinajstić information content (AvgIpc) is 3.29. The van der Waals surface area contributed by atoms with Gasteiger partial charge in [0.25, 0.3) is 0 Å². The van der Waals surface area contributed by atoms with Crippen LogP contribution in [0.4, 0.5) is 5.82 Å². The highest BCUT2D eigenvalue weighted by molar-refractivity contribution is 5.69. The molecule has 0 atom stereocenters. The van der Waals surface area contributed by atoms with E-state index in [1.54, 1.807) is 16.8 Å². The lowest BCUT2D eigenvalue weighted by molar-refractivity contribution is 0.577. The number of aryl methyl sites for hydroxylation is 1. The van der Waals surface area contributed by atoms with E-state index < -0.39 is 0 Å². The quantitative estimate of drug-likeness (QED) is 0.597. The zero-order chi connectivity index (χ0) is 17.2. The Morgan fingerprint density at radius 3 is 2.84 bits per heavy atom. The Hall–Kier alpha value is -3.15. The Labute approximate surface area is 145 Å². The van der Waals surface area contributed by atoms with Gasteiger partial charge in [-0.25, -0.2) is 4.98 Å². The Morgan fingerprint density at radius 2 is 2.12 bits per heavy atom. The van der Waals surface area contributed by atoms with Crippen molar-refractivity contribution in [3.8, 4) is 22.8 Å². The molecule has 126 valence electrons. The monoisotopic (exact) mass is 333 g/mol. The molecule has 6 nitrogen and oxygen atoms in total. The fourth-order valence-corrected chi connectivity index (χ4v) is 2.79. The minimum atomic E-state index is 0.509.